The minimum atomic E-state index is -0.204. The number of carbonyl (C=O) groups is 1. The number of carbonyl (C=O) groups excluding carboxylic acids is 1. The Morgan fingerprint density at radius 2 is 2.06 bits per heavy atom. The highest BCUT2D eigenvalue weighted by molar-refractivity contribution is 9.10. The lowest BCUT2D eigenvalue weighted by molar-refractivity contribution is 0.102. The number of amides is 1. The van der Waals surface area contributed by atoms with Crippen LogP contribution in [0.1, 0.15) is 15.9 Å². The van der Waals surface area contributed by atoms with Gasteiger partial charge in [0.05, 0.1) is 4.47 Å². The van der Waals surface area contributed by atoms with E-state index in [9.17, 15) is 4.79 Å². The van der Waals surface area contributed by atoms with Crippen LogP contribution >= 0.6 is 15.9 Å². The van der Waals surface area contributed by atoms with Gasteiger partial charge in [0.15, 0.2) is 0 Å². The van der Waals surface area contributed by atoms with Crippen molar-refractivity contribution in [3.63, 3.8) is 0 Å². The molecule has 0 atom stereocenters. The number of nitrogens with one attached hydrogen (secondary N) is 1. The standard InChI is InChI=1S/C12H10BrN3O/c1-8-6-10(13)11(15-7-8)16-12(17)9-2-4-14-5-3-9/h2-7H,1H3,(H,15,16,17). The van der Waals surface area contributed by atoms with Gasteiger partial charge in [0.2, 0.25) is 0 Å². The lowest BCUT2D eigenvalue weighted by atomic mass is 10.2. The van der Waals surface area contributed by atoms with Crippen LogP contribution in [-0.4, -0.2) is 15.9 Å². The number of anilines is 1. The summed E-state index contributed by atoms with van der Waals surface area (Å²) >= 11 is 3.36. The van der Waals surface area contributed by atoms with Crippen LogP contribution in [0.3, 0.4) is 0 Å². The molecule has 2 aromatic rings. The predicted molar refractivity (Wildman–Crippen MR) is 68.9 cm³/mol. The topological polar surface area (TPSA) is 54.9 Å². The lowest BCUT2D eigenvalue weighted by Crippen LogP contribution is -2.13. The van der Waals surface area contributed by atoms with E-state index in [1.165, 1.54) is 0 Å². The summed E-state index contributed by atoms with van der Waals surface area (Å²) in [6.07, 6.45) is 4.85. The predicted octanol–water partition coefficient (Wildman–Crippen LogP) is 2.80. The Morgan fingerprint density at radius 3 is 2.71 bits per heavy atom. The third kappa shape index (κ3) is 2.88. The number of nitrogens with zero attached hydrogens (tertiary/aromatic N) is 2. The molecule has 1 N–H and O–H groups in total. The summed E-state index contributed by atoms with van der Waals surface area (Å²) in [4.78, 5) is 19.9. The third-order valence-electron chi connectivity index (χ3n) is 2.15. The molecule has 0 unspecified atom stereocenters. The normalized spacial score (nSPS) is 10.0. The Balaban J connectivity index is 2.19. The zero-order chi connectivity index (χ0) is 12.3. The Morgan fingerprint density at radius 1 is 1.35 bits per heavy atom. The minimum absolute atomic E-state index is 0.204. The fraction of sp³-hybridized carbons (Fsp3) is 0.0833. The van der Waals surface area contributed by atoms with Gasteiger partial charge in [-0.2, -0.15) is 0 Å². The first-order chi connectivity index (χ1) is 8.16. The van der Waals surface area contributed by atoms with Crippen molar-refractivity contribution >= 4 is 27.7 Å². The van der Waals surface area contributed by atoms with Crippen molar-refractivity contribution in [3.8, 4) is 0 Å². The molecule has 0 aliphatic heterocycles. The maximum atomic E-state index is 11.9. The number of rotatable bonds is 2. The summed E-state index contributed by atoms with van der Waals surface area (Å²) in [6, 6.07) is 5.20. The van der Waals surface area contributed by atoms with E-state index in [1.807, 2.05) is 13.0 Å². The smallest absolute Gasteiger partial charge is 0.256 e. The molecule has 0 aliphatic rings. The fourth-order valence-electron chi connectivity index (χ4n) is 1.31. The van der Waals surface area contributed by atoms with E-state index in [2.05, 4.69) is 31.2 Å². The molecule has 0 aromatic carbocycles. The summed E-state index contributed by atoms with van der Waals surface area (Å²) in [5, 5.41) is 2.73. The van der Waals surface area contributed by atoms with Crippen molar-refractivity contribution < 1.29 is 4.79 Å². The molecule has 5 heteroatoms. The van der Waals surface area contributed by atoms with Crippen LogP contribution in [0.25, 0.3) is 0 Å². The molecule has 0 radical (unpaired) electrons. The van der Waals surface area contributed by atoms with Gasteiger partial charge >= 0.3 is 0 Å². The van der Waals surface area contributed by atoms with E-state index in [0.29, 0.717) is 11.4 Å². The van der Waals surface area contributed by atoms with Crippen molar-refractivity contribution in [2.75, 3.05) is 5.32 Å². The molecule has 2 aromatic heterocycles. The number of hydrogen-bond acceptors (Lipinski definition) is 3. The molecule has 0 fully saturated rings. The molecule has 0 aliphatic carbocycles. The van der Waals surface area contributed by atoms with Gasteiger partial charge in [0, 0.05) is 24.2 Å². The molecule has 0 spiro atoms. The van der Waals surface area contributed by atoms with E-state index < -0.39 is 0 Å². The van der Waals surface area contributed by atoms with E-state index in [1.54, 1.807) is 30.7 Å². The quantitative estimate of drug-likeness (QED) is 0.926. The van der Waals surface area contributed by atoms with Crippen molar-refractivity contribution in [2.45, 2.75) is 6.92 Å². The van der Waals surface area contributed by atoms with Crippen LogP contribution < -0.4 is 5.32 Å². The highest BCUT2D eigenvalue weighted by atomic mass is 79.9. The van der Waals surface area contributed by atoms with Crippen LogP contribution in [0.4, 0.5) is 5.82 Å². The van der Waals surface area contributed by atoms with Crippen LogP contribution in [0, 0.1) is 6.92 Å². The largest absolute Gasteiger partial charge is 0.306 e. The average Bonchev–Trinajstić information content (AvgIpc) is 2.34. The lowest BCUT2D eigenvalue weighted by Gasteiger charge is -2.06. The molecular weight excluding hydrogens is 282 g/mol. The third-order valence-corrected chi connectivity index (χ3v) is 2.76. The van der Waals surface area contributed by atoms with Gasteiger partial charge in [0.25, 0.3) is 5.91 Å². The summed E-state index contributed by atoms with van der Waals surface area (Å²) in [6.45, 7) is 1.94. The molecule has 0 saturated heterocycles. The second-order valence-corrected chi connectivity index (χ2v) is 4.39. The minimum Gasteiger partial charge on any atom is -0.306 e. The number of halogens is 1. The van der Waals surface area contributed by atoms with Crippen molar-refractivity contribution in [3.05, 3.63) is 52.4 Å². The summed E-state index contributed by atoms with van der Waals surface area (Å²) in [5.74, 6) is 0.307. The van der Waals surface area contributed by atoms with Crippen LogP contribution in [0.15, 0.2) is 41.3 Å². The molecule has 86 valence electrons. The fourth-order valence-corrected chi connectivity index (χ4v) is 1.87. The van der Waals surface area contributed by atoms with E-state index in [-0.39, 0.29) is 5.91 Å². The molecule has 2 rings (SSSR count). The molecular formula is C12H10BrN3O. The Hall–Kier alpha value is -1.75. The van der Waals surface area contributed by atoms with Gasteiger partial charge in [-0.15, -0.1) is 0 Å². The van der Waals surface area contributed by atoms with Crippen molar-refractivity contribution in [1.82, 2.24) is 9.97 Å². The van der Waals surface area contributed by atoms with Gasteiger partial charge in [-0.25, -0.2) is 4.98 Å². The maximum absolute atomic E-state index is 11.9. The SMILES string of the molecule is Cc1cnc(NC(=O)c2ccncc2)c(Br)c1. The second kappa shape index (κ2) is 5.05. The highest BCUT2D eigenvalue weighted by Gasteiger charge is 2.08. The van der Waals surface area contributed by atoms with Gasteiger partial charge in [-0.05, 0) is 46.6 Å². The van der Waals surface area contributed by atoms with E-state index in [4.69, 9.17) is 0 Å². The first-order valence-electron chi connectivity index (χ1n) is 5.00. The average molecular weight is 292 g/mol. The second-order valence-electron chi connectivity index (χ2n) is 3.53. The highest BCUT2D eigenvalue weighted by Crippen LogP contribution is 2.20. The molecule has 17 heavy (non-hydrogen) atoms. The number of aryl methyl sites for hydroxylation is 1. The summed E-state index contributed by atoms with van der Waals surface area (Å²) in [5.41, 5.74) is 1.58. The zero-order valence-electron chi connectivity index (χ0n) is 9.14. The van der Waals surface area contributed by atoms with Crippen LogP contribution in [-0.2, 0) is 0 Å². The first-order valence-corrected chi connectivity index (χ1v) is 5.79. The Labute approximate surface area is 107 Å². The first kappa shape index (κ1) is 11.7. The summed E-state index contributed by atoms with van der Waals surface area (Å²) < 4.78 is 0.764. The van der Waals surface area contributed by atoms with Crippen LogP contribution in [0.5, 0.6) is 0 Å². The van der Waals surface area contributed by atoms with Crippen LogP contribution in [0.2, 0.25) is 0 Å². The van der Waals surface area contributed by atoms with Gasteiger partial charge in [-0.3, -0.25) is 9.78 Å². The number of hydrogen-bond donors (Lipinski definition) is 1. The molecule has 2 heterocycles. The van der Waals surface area contributed by atoms with Gasteiger partial charge in [-0.1, -0.05) is 0 Å². The Kier molecular flexibility index (Phi) is 3.49. The number of pyridine rings is 2. The summed E-state index contributed by atoms with van der Waals surface area (Å²) in [7, 11) is 0. The maximum Gasteiger partial charge on any atom is 0.256 e. The number of aromatic nitrogens is 2. The van der Waals surface area contributed by atoms with E-state index in [0.717, 1.165) is 10.0 Å². The molecule has 0 saturated carbocycles. The Bertz CT molecular complexity index is 543. The van der Waals surface area contributed by atoms with E-state index >= 15 is 0 Å². The monoisotopic (exact) mass is 291 g/mol. The van der Waals surface area contributed by atoms with Crippen molar-refractivity contribution in [1.29, 1.82) is 0 Å². The van der Waals surface area contributed by atoms with Crippen molar-refractivity contribution in [2.24, 2.45) is 0 Å². The molecule has 4 nitrogen and oxygen atoms in total. The van der Waals surface area contributed by atoms with Gasteiger partial charge in [0.1, 0.15) is 5.82 Å². The zero-order valence-corrected chi connectivity index (χ0v) is 10.7. The molecule has 0 bridgehead atoms. The molecule has 1 amide bonds. The van der Waals surface area contributed by atoms with Gasteiger partial charge < -0.3 is 5.32 Å².